The zero-order valence-corrected chi connectivity index (χ0v) is 26.8. The van der Waals surface area contributed by atoms with E-state index in [4.69, 9.17) is 0 Å². The Balaban J connectivity index is 1.32. The first kappa shape index (κ1) is 26.4. The van der Waals surface area contributed by atoms with Gasteiger partial charge >= 0.3 is 0 Å². The van der Waals surface area contributed by atoms with Crippen molar-refractivity contribution in [2.45, 2.75) is 0 Å². The average Bonchev–Trinajstić information content (AvgIpc) is 3.81. The van der Waals surface area contributed by atoms with Crippen LogP contribution in [0.2, 0.25) is 0 Å². The third kappa shape index (κ3) is 3.12. The number of halogens is 1. The number of nitrogens with zero attached hydrogens (tertiary/aromatic N) is 4. The van der Waals surface area contributed by atoms with Gasteiger partial charge in [-0.25, -0.2) is 4.39 Å². The summed E-state index contributed by atoms with van der Waals surface area (Å²) >= 11 is 0. The second-order valence-corrected chi connectivity index (χ2v) is 13.5. The Labute approximate surface area is 287 Å². The lowest BCUT2D eigenvalue weighted by Crippen LogP contribution is -2.59. The topological polar surface area (TPSA) is 16.3 Å². The lowest BCUT2D eigenvalue weighted by molar-refractivity contribution is 0.628. The highest BCUT2D eigenvalue weighted by Gasteiger charge is 2.51. The number of hydrogen-bond donors (Lipinski definition) is 0. The maximum absolute atomic E-state index is 16.2. The van der Waals surface area contributed by atoms with Crippen LogP contribution in [0.3, 0.4) is 0 Å². The van der Waals surface area contributed by atoms with Crippen molar-refractivity contribution in [3.8, 4) is 11.4 Å². The maximum Gasteiger partial charge on any atom is 0.275 e. The van der Waals surface area contributed by atoms with Crippen molar-refractivity contribution in [2.75, 3.05) is 9.80 Å². The highest BCUT2D eigenvalue weighted by molar-refractivity contribution is 7.02. The smallest absolute Gasteiger partial charge is 0.275 e. The van der Waals surface area contributed by atoms with Crippen molar-refractivity contribution < 1.29 is 4.39 Å². The Morgan fingerprint density at radius 2 is 0.980 bits per heavy atom. The van der Waals surface area contributed by atoms with Gasteiger partial charge in [-0.15, -0.1) is 0 Å². The summed E-state index contributed by atoms with van der Waals surface area (Å²) < 4.78 is 21.1. The van der Waals surface area contributed by atoms with Crippen molar-refractivity contribution in [3.63, 3.8) is 0 Å². The largest absolute Gasteiger partial charge is 0.318 e. The molecule has 0 bridgehead atoms. The second-order valence-electron chi connectivity index (χ2n) is 13.5. The third-order valence-electron chi connectivity index (χ3n) is 11.0. The standard InChI is InChI=1S/C44H26BFN4/c46-27-25-37-40-38(26-27)49(30-17-8-3-9-18-30)43-33-24-23-32-31-19-10-11-20-34(31)48(29-15-6-2-7-16-29)41(32)42(33)50-36-22-12-21-35(39(36)45(40)44(43)50)47(37)28-13-4-1-5-14-28/h1-26H. The van der Waals surface area contributed by atoms with Crippen LogP contribution in [-0.4, -0.2) is 15.8 Å². The van der Waals surface area contributed by atoms with Crippen LogP contribution in [0.25, 0.3) is 44.1 Å². The SMILES string of the molecule is Fc1cc2c3c(c1)N(c1ccccc1)c1c4n(c5c1ccc1c6ccccc6n(-c6ccccc6)c15)-c1cccc(c1B34)N2c1ccccc1. The number of rotatable bonds is 3. The highest BCUT2D eigenvalue weighted by Crippen LogP contribution is 2.51. The summed E-state index contributed by atoms with van der Waals surface area (Å²) in [4.78, 5) is 4.57. The Morgan fingerprint density at radius 3 is 1.72 bits per heavy atom. The average molecular weight is 641 g/mol. The van der Waals surface area contributed by atoms with Crippen molar-refractivity contribution >= 4 is 90.1 Å². The van der Waals surface area contributed by atoms with E-state index in [1.807, 2.05) is 12.1 Å². The summed E-state index contributed by atoms with van der Waals surface area (Å²) in [7, 11) is 0. The lowest BCUT2D eigenvalue weighted by atomic mass is 9.36. The molecular formula is C44H26BFN4. The molecule has 0 unspecified atom stereocenters. The summed E-state index contributed by atoms with van der Waals surface area (Å²) in [5.74, 6) is -0.253. The van der Waals surface area contributed by atoms with Crippen molar-refractivity contribution in [1.29, 1.82) is 0 Å². The minimum Gasteiger partial charge on any atom is -0.318 e. The van der Waals surface area contributed by atoms with Crippen molar-refractivity contribution in [3.05, 3.63) is 164 Å². The summed E-state index contributed by atoms with van der Waals surface area (Å²) in [6.07, 6.45) is 0. The first-order valence-corrected chi connectivity index (χ1v) is 17.1. The number of aromatic nitrogens is 2. The molecule has 6 heteroatoms. The van der Waals surface area contributed by atoms with Gasteiger partial charge in [-0.3, -0.25) is 0 Å². The molecule has 3 aliphatic heterocycles. The van der Waals surface area contributed by atoms with E-state index in [1.165, 1.54) is 38.5 Å². The van der Waals surface area contributed by atoms with Crippen LogP contribution < -0.4 is 26.3 Å². The van der Waals surface area contributed by atoms with Crippen LogP contribution in [0.1, 0.15) is 0 Å². The molecule has 0 radical (unpaired) electrons. The monoisotopic (exact) mass is 640 g/mol. The molecule has 5 heterocycles. The van der Waals surface area contributed by atoms with E-state index < -0.39 is 0 Å². The molecular weight excluding hydrogens is 614 g/mol. The zero-order valence-electron chi connectivity index (χ0n) is 26.8. The summed E-state index contributed by atoms with van der Waals surface area (Å²) in [5.41, 5.74) is 15.4. The molecule has 0 fully saturated rings. The minimum atomic E-state index is -0.253. The number of fused-ring (bicyclic) bond motifs is 8. The van der Waals surface area contributed by atoms with Gasteiger partial charge in [0, 0.05) is 61.6 Å². The summed E-state index contributed by atoms with van der Waals surface area (Å²) in [5, 5.41) is 3.57. The molecule has 0 saturated carbocycles. The van der Waals surface area contributed by atoms with E-state index in [9.17, 15) is 0 Å². The van der Waals surface area contributed by atoms with E-state index in [0.29, 0.717) is 0 Å². The van der Waals surface area contributed by atoms with E-state index in [1.54, 1.807) is 12.1 Å². The normalized spacial score (nSPS) is 13.6. The molecule has 232 valence electrons. The van der Waals surface area contributed by atoms with Crippen LogP contribution in [0, 0.1) is 5.82 Å². The van der Waals surface area contributed by atoms with Crippen LogP contribution >= 0.6 is 0 Å². The quantitative estimate of drug-likeness (QED) is 0.179. The van der Waals surface area contributed by atoms with Gasteiger partial charge in [0.05, 0.1) is 22.2 Å². The van der Waals surface area contributed by atoms with Crippen LogP contribution in [-0.2, 0) is 0 Å². The predicted molar refractivity (Wildman–Crippen MR) is 205 cm³/mol. The molecule has 12 rings (SSSR count). The number of para-hydroxylation sites is 4. The number of benzene rings is 7. The Morgan fingerprint density at radius 1 is 0.420 bits per heavy atom. The zero-order chi connectivity index (χ0) is 32.7. The van der Waals surface area contributed by atoms with Gasteiger partial charge in [0.2, 0.25) is 0 Å². The Hall–Kier alpha value is -6.53. The minimum absolute atomic E-state index is 0.0567. The fourth-order valence-corrected chi connectivity index (χ4v) is 9.27. The Bertz CT molecular complexity index is 2900. The van der Waals surface area contributed by atoms with E-state index in [-0.39, 0.29) is 12.5 Å². The van der Waals surface area contributed by atoms with Gasteiger partial charge in [0.1, 0.15) is 5.82 Å². The molecule has 4 nitrogen and oxygen atoms in total. The number of anilines is 6. The first-order valence-electron chi connectivity index (χ1n) is 17.1. The fraction of sp³-hybridized carbons (Fsp3) is 0. The second kappa shape index (κ2) is 9.33. The molecule has 0 spiro atoms. The molecule has 0 aliphatic carbocycles. The summed E-state index contributed by atoms with van der Waals surface area (Å²) in [6, 6.07) is 54.9. The molecule has 0 atom stereocenters. The first-order chi connectivity index (χ1) is 24.8. The van der Waals surface area contributed by atoms with Gasteiger partial charge in [0.15, 0.2) is 0 Å². The lowest BCUT2D eigenvalue weighted by Gasteiger charge is -2.41. The molecule has 0 amide bonds. The molecule has 50 heavy (non-hydrogen) atoms. The van der Waals surface area contributed by atoms with Gasteiger partial charge in [-0.1, -0.05) is 84.9 Å². The predicted octanol–water partition coefficient (Wildman–Crippen LogP) is 9.26. The van der Waals surface area contributed by atoms with Gasteiger partial charge < -0.3 is 18.9 Å². The molecule has 0 N–H and O–H groups in total. The Kier molecular flexibility index (Phi) is 4.93. The molecule has 7 aromatic carbocycles. The molecule has 0 saturated heterocycles. The van der Waals surface area contributed by atoms with Crippen LogP contribution in [0.5, 0.6) is 0 Å². The molecule has 2 aromatic heterocycles. The van der Waals surface area contributed by atoms with E-state index in [2.05, 4.69) is 152 Å². The van der Waals surface area contributed by atoms with Crippen LogP contribution in [0.15, 0.2) is 158 Å². The number of hydrogen-bond acceptors (Lipinski definition) is 2. The van der Waals surface area contributed by atoms with Crippen LogP contribution in [0.4, 0.5) is 38.5 Å². The molecule has 3 aliphatic rings. The maximum atomic E-state index is 16.2. The molecule has 9 aromatic rings. The van der Waals surface area contributed by atoms with Crippen molar-refractivity contribution in [1.82, 2.24) is 9.13 Å². The third-order valence-corrected chi connectivity index (χ3v) is 11.0. The van der Waals surface area contributed by atoms with Gasteiger partial charge in [-0.2, -0.15) is 0 Å². The fourth-order valence-electron chi connectivity index (χ4n) is 9.27. The van der Waals surface area contributed by atoms with Gasteiger partial charge in [0.25, 0.3) is 6.71 Å². The van der Waals surface area contributed by atoms with E-state index >= 15 is 4.39 Å². The summed E-state index contributed by atoms with van der Waals surface area (Å²) in [6.45, 7) is -0.0567. The van der Waals surface area contributed by atoms with Crippen molar-refractivity contribution in [2.24, 2.45) is 0 Å². The van der Waals surface area contributed by atoms with E-state index in [0.717, 1.165) is 56.2 Å². The highest BCUT2D eigenvalue weighted by atomic mass is 19.1. The van der Waals surface area contributed by atoms with Gasteiger partial charge in [-0.05, 0) is 83.7 Å².